The molecule has 5 aromatic rings. The van der Waals surface area contributed by atoms with Crippen molar-refractivity contribution < 1.29 is 4.74 Å². The highest BCUT2D eigenvalue weighted by Crippen LogP contribution is 2.33. The molecule has 5 rings (SSSR count). The van der Waals surface area contributed by atoms with Crippen LogP contribution in [0, 0.1) is 0 Å². The number of imidazole rings is 1. The predicted octanol–water partition coefficient (Wildman–Crippen LogP) is 4.00. The molecule has 0 amide bonds. The molecule has 0 unspecified atom stereocenters. The summed E-state index contributed by atoms with van der Waals surface area (Å²) in [5, 5.41) is 0.875. The van der Waals surface area contributed by atoms with E-state index in [0.29, 0.717) is 18.2 Å². The SMILES string of the molecule is CCOc1ccc(-c2nc3ccc(-c4ccc(N(C)C)nc4)cc3c3[nH]c(=O)n(C)c23)cn1. The molecule has 0 aliphatic carbocycles. The molecule has 0 fully saturated rings. The lowest BCUT2D eigenvalue weighted by Crippen LogP contribution is -2.12. The number of nitrogens with zero attached hydrogens (tertiary/aromatic N) is 5. The molecule has 0 radical (unpaired) electrons. The van der Waals surface area contributed by atoms with Gasteiger partial charge < -0.3 is 14.6 Å². The number of rotatable bonds is 5. The molecule has 1 N–H and O–H groups in total. The number of aromatic amines is 1. The first kappa shape index (κ1) is 20.7. The van der Waals surface area contributed by atoms with Crippen molar-refractivity contribution in [3.63, 3.8) is 0 Å². The van der Waals surface area contributed by atoms with E-state index in [1.165, 1.54) is 0 Å². The van der Waals surface area contributed by atoms with Gasteiger partial charge in [0.2, 0.25) is 5.88 Å². The molecule has 0 saturated carbocycles. The van der Waals surface area contributed by atoms with Crippen LogP contribution in [0.1, 0.15) is 6.92 Å². The van der Waals surface area contributed by atoms with Crippen LogP contribution in [-0.2, 0) is 7.05 Å². The molecule has 0 saturated heterocycles. The number of hydrogen-bond acceptors (Lipinski definition) is 6. The van der Waals surface area contributed by atoms with Gasteiger partial charge in [0.1, 0.15) is 5.82 Å². The summed E-state index contributed by atoms with van der Waals surface area (Å²) < 4.78 is 7.05. The first-order valence-corrected chi connectivity index (χ1v) is 10.7. The fourth-order valence-corrected chi connectivity index (χ4v) is 3.95. The summed E-state index contributed by atoms with van der Waals surface area (Å²) in [4.78, 5) is 31.4. The van der Waals surface area contributed by atoms with Gasteiger partial charge in [0, 0.05) is 56.1 Å². The van der Waals surface area contributed by atoms with Crippen molar-refractivity contribution in [2.45, 2.75) is 6.92 Å². The van der Waals surface area contributed by atoms with Gasteiger partial charge in [-0.05, 0) is 42.8 Å². The van der Waals surface area contributed by atoms with Crippen molar-refractivity contribution in [2.75, 3.05) is 25.6 Å². The van der Waals surface area contributed by atoms with Gasteiger partial charge in [0.25, 0.3) is 0 Å². The number of aryl methyl sites for hydroxylation is 1. The van der Waals surface area contributed by atoms with Gasteiger partial charge >= 0.3 is 5.69 Å². The molecule has 4 aromatic heterocycles. The van der Waals surface area contributed by atoms with E-state index in [1.807, 2.05) is 74.6 Å². The molecule has 4 heterocycles. The second-order valence-corrected chi connectivity index (χ2v) is 8.02. The van der Waals surface area contributed by atoms with Crippen molar-refractivity contribution in [1.29, 1.82) is 0 Å². The molecule has 1 aromatic carbocycles. The minimum Gasteiger partial charge on any atom is -0.478 e. The summed E-state index contributed by atoms with van der Waals surface area (Å²) in [6, 6.07) is 13.8. The normalized spacial score (nSPS) is 11.3. The Morgan fingerprint density at radius 3 is 2.42 bits per heavy atom. The second-order valence-electron chi connectivity index (χ2n) is 8.02. The molecule has 8 nitrogen and oxygen atoms in total. The van der Waals surface area contributed by atoms with Gasteiger partial charge in [0.05, 0.1) is 28.9 Å². The van der Waals surface area contributed by atoms with E-state index in [1.54, 1.807) is 17.8 Å². The predicted molar refractivity (Wildman–Crippen MR) is 131 cm³/mol. The average Bonchev–Trinajstić information content (AvgIpc) is 3.13. The molecule has 0 atom stereocenters. The third-order valence-corrected chi connectivity index (χ3v) is 5.67. The maximum Gasteiger partial charge on any atom is 0.326 e. The van der Waals surface area contributed by atoms with Crippen LogP contribution in [0.4, 0.5) is 5.82 Å². The van der Waals surface area contributed by atoms with Gasteiger partial charge in [-0.15, -0.1) is 0 Å². The smallest absolute Gasteiger partial charge is 0.326 e. The Kier molecular flexibility index (Phi) is 5.05. The molecule has 8 heteroatoms. The lowest BCUT2D eigenvalue weighted by atomic mass is 10.0. The maximum absolute atomic E-state index is 12.6. The van der Waals surface area contributed by atoms with Crippen LogP contribution in [0.25, 0.3) is 44.3 Å². The molecule has 33 heavy (non-hydrogen) atoms. The summed E-state index contributed by atoms with van der Waals surface area (Å²) in [6.45, 7) is 2.47. The number of hydrogen-bond donors (Lipinski definition) is 1. The van der Waals surface area contributed by atoms with Gasteiger partial charge in [0.15, 0.2) is 0 Å². The van der Waals surface area contributed by atoms with E-state index < -0.39 is 0 Å². The Morgan fingerprint density at radius 2 is 1.76 bits per heavy atom. The quantitative estimate of drug-likeness (QED) is 0.444. The first-order chi connectivity index (χ1) is 16.0. The highest BCUT2D eigenvalue weighted by Gasteiger charge is 2.17. The molecule has 166 valence electrons. The van der Waals surface area contributed by atoms with Crippen LogP contribution in [0.5, 0.6) is 5.88 Å². The molecular weight excluding hydrogens is 416 g/mol. The number of H-pyrrole nitrogens is 1. The minimum absolute atomic E-state index is 0.193. The standard InChI is InChI=1S/C25H24N6O2/c1-5-33-21-11-8-17(14-27-21)22-24-23(29-25(32)31(24)4)18-12-15(6-9-19(18)28-22)16-7-10-20(26-13-16)30(2)3/h6-14H,5H2,1-4H3,(H,29,32). The maximum atomic E-state index is 12.6. The van der Waals surface area contributed by atoms with Gasteiger partial charge in [-0.25, -0.2) is 19.7 Å². The second kappa shape index (κ2) is 8.05. The van der Waals surface area contributed by atoms with E-state index in [9.17, 15) is 4.79 Å². The van der Waals surface area contributed by atoms with Gasteiger partial charge in [-0.2, -0.15) is 0 Å². The lowest BCUT2D eigenvalue weighted by Gasteiger charge is -2.12. The summed E-state index contributed by atoms with van der Waals surface area (Å²) in [5.41, 5.74) is 5.58. The number of anilines is 1. The van der Waals surface area contributed by atoms with Crippen molar-refractivity contribution >= 4 is 27.8 Å². The summed E-state index contributed by atoms with van der Waals surface area (Å²) >= 11 is 0. The Hall–Kier alpha value is -4.20. The molecular formula is C25H24N6O2. The van der Waals surface area contributed by atoms with Crippen LogP contribution in [0.2, 0.25) is 0 Å². The fraction of sp³-hybridized carbons (Fsp3) is 0.200. The lowest BCUT2D eigenvalue weighted by molar-refractivity contribution is 0.327. The third kappa shape index (κ3) is 3.59. The summed E-state index contributed by atoms with van der Waals surface area (Å²) in [7, 11) is 5.67. The summed E-state index contributed by atoms with van der Waals surface area (Å²) in [5.74, 6) is 1.45. The summed E-state index contributed by atoms with van der Waals surface area (Å²) in [6.07, 6.45) is 3.58. The zero-order valence-electron chi connectivity index (χ0n) is 19.0. The van der Waals surface area contributed by atoms with Crippen molar-refractivity contribution in [2.24, 2.45) is 7.05 Å². The number of fused-ring (bicyclic) bond motifs is 3. The number of nitrogens with one attached hydrogen (secondary N) is 1. The average molecular weight is 441 g/mol. The van der Waals surface area contributed by atoms with E-state index in [0.717, 1.165) is 44.4 Å². The Morgan fingerprint density at radius 1 is 1.00 bits per heavy atom. The number of pyridine rings is 3. The molecule has 0 bridgehead atoms. The zero-order chi connectivity index (χ0) is 23.1. The number of aromatic nitrogens is 5. The topological polar surface area (TPSA) is 88.9 Å². The minimum atomic E-state index is -0.193. The van der Waals surface area contributed by atoms with Crippen LogP contribution in [0.15, 0.2) is 59.7 Å². The van der Waals surface area contributed by atoms with Crippen molar-refractivity contribution in [3.8, 4) is 28.3 Å². The number of benzene rings is 1. The molecule has 0 aliphatic heterocycles. The van der Waals surface area contributed by atoms with Crippen LogP contribution in [-0.4, -0.2) is 45.2 Å². The largest absolute Gasteiger partial charge is 0.478 e. The van der Waals surface area contributed by atoms with Gasteiger partial charge in [-0.1, -0.05) is 6.07 Å². The van der Waals surface area contributed by atoms with E-state index >= 15 is 0 Å². The highest BCUT2D eigenvalue weighted by atomic mass is 16.5. The molecule has 0 spiro atoms. The monoisotopic (exact) mass is 440 g/mol. The number of ether oxygens (including phenoxy) is 1. The van der Waals surface area contributed by atoms with Crippen LogP contribution < -0.4 is 15.3 Å². The van der Waals surface area contributed by atoms with Gasteiger partial charge in [-0.3, -0.25) is 4.57 Å². The Balaban J connectivity index is 1.69. The van der Waals surface area contributed by atoms with Crippen molar-refractivity contribution in [3.05, 3.63) is 65.3 Å². The van der Waals surface area contributed by atoms with Crippen LogP contribution >= 0.6 is 0 Å². The van der Waals surface area contributed by atoms with Crippen molar-refractivity contribution in [1.82, 2.24) is 24.5 Å². The van der Waals surface area contributed by atoms with E-state index in [2.05, 4.69) is 15.0 Å². The Labute approximate surface area is 190 Å². The zero-order valence-corrected chi connectivity index (χ0v) is 19.0. The fourth-order valence-electron chi connectivity index (χ4n) is 3.95. The first-order valence-electron chi connectivity index (χ1n) is 10.7. The third-order valence-electron chi connectivity index (χ3n) is 5.67. The van der Waals surface area contributed by atoms with E-state index in [-0.39, 0.29) is 5.69 Å². The highest BCUT2D eigenvalue weighted by molar-refractivity contribution is 6.08. The van der Waals surface area contributed by atoms with E-state index in [4.69, 9.17) is 9.72 Å². The Bertz CT molecular complexity index is 1520. The van der Waals surface area contributed by atoms with Crippen LogP contribution in [0.3, 0.4) is 0 Å². The molecule has 0 aliphatic rings.